The molecule has 0 spiro atoms. The normalized spacial score (nSPS) is 11.7. The van der Waals surface area contributed by atoms with E-state index in [1.54, 1.807) is 18.2 Å². The van der Waals surface area contributed by atoms with Crippen LogP contribution in [-0.2, 0) is 10.1 Å². The van der Waals surface area contributed by atoms with Gasteiger partial charge in [-0.15, -0.1) is 10.2 Å². The average Bonchev–Trinajstić information content (AvgIpc) is 2.54. The Bertz CT molecular complexity index is 1120. The van der Waals surface area contributed by atoms with Gasteiger partial charge in [-0.25, -0.2) is 4.39 Å². The summed E-state index contributed by atoms with van der Waals surface area (Å²) in [4.78, 5) is -0.337. The van der Waals surface area contributed by atoms with Crippen LogP contribution in [-0.4, -0.2) is 42.5 Å². The molecule has 0 atom stereocenters. The third-order valence-electron chi connectivity index (χ3n) is 3.48. The summed E-state index contributed by atoms with van der Waals surface area (Å²) in [6, 6.07) is 11.1. The summed E-state index contributed by atoms with van der Waals surface area (Å²) in [5, 5.41) is 8.49. The Morgan fingerprint density at radius 1 is 1.00 bits per heavy atom. The van der Waals surface area contributed by atoms with Crippen molar-refractivity contribution in [1.29, 1.82) is 0 Å². The number of hydrogen-bond acceptors (Lipinski definition) is 5. The molecule has 0 aliphatic carbocycles. The number of benzene rings is 3. The monoisotopic (exact) mass is 403 g/mol. The van der Waals surface area contributed by atoms with Crippen LogP contribution in [0.3, 0.4) is 0 Å². The molecule has 10 heteroatoms. The fourth-order valence-electron chi connectivity index (χ4n) is 2.32. The molecule has 3 aromatic carbocycles. The van der Waals surface area contributed by atoms with Crippen molar-refractivity contribution in [2.45, 2.75) is 4.90 Å². The molecule has 0 amide bonds. The molecule has 0 radical (unpaired) electrons. The molecule has 0 unspecified atom stereocenters. The number of fused-ring (bicyclic) bond motifs is 1. The first-order valence-corrected chi connectivity index (χ1v) is 8.74. The summed E-state index contributed by atoms with van der Waals surface area (Å²) in [7, 11) is -4.50. The molecule has 0 saturated carbocycles. The molecule has 0 saturated heterocycles. The zero-order chi connectivity index (χ0) is 18.2. The van der Waals surface area contributed by atoms with Crippen LogP contribution in [0.25, 0.3) is 10.8 Å². The van der Waals surface area contributed by atoms with Gasteiger partial charge in [-0.05, 0) is 24.3 Å². The molecule has 6 nitrogen and oxygen atoms in total. The molecule has 3 rings (SSSR count). The van der Waals surface area contributed by atoms with Gasteiger partial charge < -0.3 is 5.73 Å². The van der Waals surface area contributed by atoms with Crippen molar-refractivity contribution >= 4 is 79.1 Å². The fraction of sp³-hybridized carbons (Fsp3) is 0. The first kappa shape index (κ1) is 20.8. The summed E-state index contributed by atoms with van der Waals surface area (Å²) >= 11 is 5.87. The van der Waals surface area contributed by atoms with Gasteiger partial charge in [0, 0.05) is 10.8 Å². The number of azo groups is 1. The Hall–Kier alpha value is -1.55. The van der Waals surface area contributed by atoms with Crippen molar-refractivity contribution in [2.24, 2.45) is 10.2 Å². The van der Waals surface area contributed by atoms with E-state index < -0.39 is 15.9 Å². The second-order valence-electron chi connectivity index (χ2n) is 5.12. The summed E-state index contributed by atoms with van der Waals surface area (Å²) in [6.45, 7) is 0. The number of anilines is 1. The predicted octanol–water partition coefficient (Wildman–Crippen LogP) is 4.23. The van der Waals surface area contributed by atoms with Gasteiger partial charge in [0.25, 0.3) is 10.1 Å². The molecular weight excluding hydrogens is 392 g/mol. The van der Waals surface area contributed by atoms with E-state index in [2.05, 4.69) is 10.2 Å². The number of halogens is 2. The van der Waals surface area contributed by atoms with E-state index in [0.717, 1.165) is 18.2 Å². The van der Waals surface area contributed by atoms with Gasteiger partial charge in [0.1, 0.15) is 22.1 Å². The summed E-state index contributed by atoms with van der Waals surface area (Å²) in [5.41, 5.74) is 6.44. The van der Waals surface area contributed by atoms with Gasteiger partial charge in [-0.3, -0.25) is 4.55 Å². The first-order chi connectivity index (χ1) is 11.8. The molecule has 0 bridgehead atoms. The van der Waals surface area contributed by atoms with E-state index in [4.69, 9.17) is 17.3 Å². The number of nitrogens with two attached hydrogens (primary N) is 1. The standard InChI is InChI=1S/C16H11ClFN3O3S.Na.H/c17-12-7-9(18)5-6-13(12)20-21-14-8-15(25(22,23)24)10-3-1-2-4-11(10)16(14)19;;/h1-8H,19H2,(H,22,23,24);;/b21-20+;;. The van der Waals surface area contributed by atoms with Gasteiger partial charge >= 0.3 is 29.6 Å². The summed E-state index contributed by atoms with van der Waals surface area (Å²) in [6.07, 6.45) is 0. The molecule has 26 heavy (non-hydrogen) atoms. The van der Waals surface area contributed by atoms with E-state index in [9.17, 15) is 17.4 Å². The SMILES string of the molecule is Nc1c(/N=N/c2ccc(F)cc2Cl)cc(S(=O)(=O)O)c2ccccc12.[NaH]. The van der Waals surface area contributed by atoms with Crippen molar-refractivity contribution in [2.75, 3.05) is 5.73 Å². The maximum absolute atomic E-state index is 13.1. The summed E-state index contributed by atoms with van der Waals surface area (Å²) in [5.74, 6) is -0.525. The maximum atomic E-state index is 13.1. The van der Waals surface area contributed by atoms with Crippen LogP contribution in [0.2, 0.25) is 5.02 Å². The summed E-state index contributed by atoms with van der Waals surface area (Å²) < 4.78 is 45.8. The average molecular weight is 404 g/mol. The third-order valence-corrected chi connectivity index (χ3v) is 4.68. The topological polar surface area (TPSA) is 105 Å². The van der Waals surface area contributed by atoms with Crippen LogP contribution in [0.5, 0.6) is 0 Å². The Balaban J connectivity index is 0.00000243. The van der Waals surface area contributed by atoms with Crippen LogP contribution in [0, 0.1) is 5.82 Å². The molecule has 0 fully saturated rings. The van der Waals surface area contributed by atoms with Gasteiger partial charge in [-0.2, -0.15) is 8.42 Å². The van der Waals surface area contributed by atoms with Gasteiger partial charge in [0.15, 0.2) is 0 Å². The van der Waals surface area contributed by atoms with Gasteiger partial charge in [0.05, 0.1) is 10.7 Å². The van der Waals surface area contributed by atoms with Crippen LogP contribution in [0.1, 0.15) is 0 Å². The molecule has 130 valence electrons. The van der Waals surface area contributed by atoms with Crippen molar-refractivity contribution < 1.29 is 17.4 Å². The predicted molar refractivity (Wildman–Crippen MR) is 101 cm³/mol. The quantitative estimate of drug-likeness (QED) is 0.295. The zero-order valence-corrected chi connectivity index (χ0v) is 14.1. The zero-order valence-electron chi connectivity index (χ0n) is 12.5. The van der Waals surface area contributed by atoms with Crippen LogP contribution in [0.15, 0.2) is 63.7 Å². The van der Waals surface area contributed by atoms with Crippen molar-refractivity contribution in [1.82, 2.24) is 0 Å². The molecule has 0 aliphatic heterocycles. The van der Waals surface area contributed by atoms with Crippen molar-refractivity contribution in [3.8, 4) is 0 Å². The van der Waals surface area contributed by atoms with E-state index in [1.807, 2.05) is 0 Å². The molecular formula is C16H12ClFN3NaO3S. The van der Waals surface area contributed by atoms with E-state index in [-0.39, 0.29) is 61.9 Å². The Morgan fingerprint density at radius 2 is 1.62 bits per heavy atom. The Kier molecular flexibility index (Phi) is 6.38. The van der Waals surface area contributed by atoms with E-state index in [0.29, 0.717) is 5.39 Å². The Morgan fingerprint density at radius 3 is 2.23 bits per heavy atom. The van der Waals surface area contributed by atoms with E-state index in [1.165, 1.54) is 12.1 Å². The minimum absolute atomic E-state index is 0. The Labute approximate surface area is 175 Å². The van der Waals surface area contributed by atoms with Crippen LogP contribution >= 0.6 is 11.6 Å². The third kappa shape index (κ3) is 4.22. The van der Waals surface area contributed by atoms with E-state index >= 15 is 0 Å². The van der Waals surface area contributed by atoms with Crippen LogP contribution in [0.4, 0.5) is 21.5 Å². The second kappa shape index (κ2) is 7.99. The number of nitrogen functional groups attached to an aromatic ring is 1. The molecule has 0 aliphatic rings. The van der Waals surface area contributed by atoms with Gasteiger partial charge in [-0.1, -0.05) is 35.9 Å². The second-order valence-corrected chi connectivity index (χ2v) is 6.92. The fourth-order valence-corrected chi connectivity index (χ4v) is 3.24. The number of nitrogens with zero attached hydrogens (tertiary/aromatic N) is 2. The van der Waals surface area contributed by atoms with Crippen molar-refractivity contribution in [3.63, 3.8) is 0 Å². The van der Waals surface area contributed by atoms with Gasteiger partial charge in [0.2, 0.25) is 0 Å². The van der Waals surface area contributed by atoms with Crippen molar-refractivity contribution in [3.05, 3.63) is 59.4 Å². The first-order valence-electron chi connectivity index (χ1n) is 6.93. The molecule has 0 heterocycles. The molecule has 3 N–H and O–H groups in total. The van der Waals surface area contributed by atoms with Crippen LogP contribution < -0.4 is 5.73 Å². The number of hydrogen-bond donors (Lipinski definition) is 2. The number of rotatable bonds is 3. The molecule has 0 aromatic heterocycles. The minimum atomic E-state index is -4.50. The molecule has 3 aromatic rings.